The highest BCUT2D eigenvalue weighted by Gasteiger charge is 2.21. The molecule has 0 radical (unpaired) electrons. The fourth-order valence-corrected chi connectivity index (χ4v) is 3.35. The van der Waals surface area contributed by atoms with Gasteiger partial charge in [-0.15, -0.1) is 0 Å². The molecule has 0 aliphatic carbocycles. The Morgan fingerprint density at radius 2 is 1.79 bits per heavy atom. The minimum Gasteiger partial charge on any atom is -0.478 e. The van der Waals surface area contributed by atoms with Crippen molar-refractivity contribution >= 4 is 28.6 Å². The van der Waals surface area contributed by atoms with Crippen LogP contribution >= 0.6 is 11.6 Å². The van der Waals surface area contributed by atoms with Crippen LogP contribution in [0.4, 0.5) is 0 Å². The molecule has 1 aliphatic heterocycles. The fourth-order valence-electron chi connectivity index (χ4n) is 3.22. The van der Waals surface area contributed by atoms with E-state index in [1.165, 1.54) is 6.07 Å². The number of carboxylic acids is 1. The summed E-state index contributed by atoms with van der Waals surface area (Å²) in [4.78, 5) is 16.5. The number of aromatic carboxylic acids is 1. The molecule has 5 rings (SSSR count). The van der Waals surface area contributed by atoms with E-state index < -0.39 is 5.97 Å². The van der Waals surface area contributed by atoms with E-state index in [2.05, 4.69) is 15.2 Å². The molecule has 0 amide bonds. The van der Waals surface area contributed by atoms with Gasteiger partial charge in [-0.05, 0) is 36.4 Å². The first kappa shape index (κ1) is 16.6. The molecule has 1 aliphatic rings. The summed E-state index contributed by atoms with van der Waals surface area (Å²) < 4.78 is 10.7. The number of aromatic amines is 1. The largest absolute Gasteiger partial charge is 0.478 e. The molecule has 0 spiro atoms. The van der Waals surface area contributed by atoms with Gasteiger partial charge in [-0.1, -0.05) is 23.7 Å². The van der Waals surface area contributed by atoms with E-state index >= 15 is 0 Å². The zero-order valence-corrected chi connectivity index (χ0v) is 15.0. The van der Waals surface area contributed by atoms with Gasteiger partial charge in [0, 0.05) is 16.1 Å². The van der Waals surface area contributed by atoms with Crippen LogP contribution in [0, 0.1) is 0 Å². The summed E-state index contributed by atoms with van der Waals surface area (Å²) in [5.41, 5.74) is 2.97. The number of pyridine rings is 1. The first-order valence-corrected chi connectivity index (χ1v) is 8.76. The lowest BCUT2D eigenvalue weighted by Gasteiger charge is -2.06. The lowest BCUT2D eigenvalue weighted by atomic mass is 10.0. The second-order valence-corrected chi connectivity index (χ2v) is 6.67. The Kier molecular flexibility index (Phi) is 3.70. The zero-order valence-electron chi connectivity index (χ0n) is 14.3. The van der Waals surface area contributed by atoms with Gasteiger partial charge in [0.2, 0.25) is 6.79 Å². The third-order valence-electron chi connectivity index (χ3n) is 4.56. The van der Waals surface area contributed by atoms with Gasteiger partial charge in [-0.2, -0.15) is 5.10 Å². The molecule has 138 valence electrons. The number of halogens is 1. The molecule has 7 nitrogen and oxygen atoms in total. The monoisotopic (exact) mass is 393 g/mol. The number of nitrogens with one attached hydrogen (secondary N) is 1. The van der Waals surface area contributed by atoms with Crippen molar-refractivity contribution in [3.05, 3.63) is 59.1 Å². The molecule has 0 bridgehead atoms. The van der Waals surface area contributed by atoms with Crippen molar-refractivity contribution < 1.29 is 19.4 Å². The van der Waals surface area contributed by atoms with Crippen LogP contribution in [-0.4, -0.2) is 33.1 Å². The van der Waals surface area contributed by atoms with Crippen molar-refractivity contribution in [2.24, 2.45) is 0 Å². The van der Waals surface area contributed by atoms with Crippen LogP contribution in [0.3, 0.4) is 0 Å². The van der Waals surface area contributed by atoms with Gasteiger partial charge < -0.3 is 14.6 Å². The topological polar surface area (TPSA) is 97.3 Å². The Labute approximate surface area is 163 Å². The van der Waals surface area contributed by atoms with Crippen molar-refractivity contribution in [2.45, 2.75) is 0 Å². The van der Waals surface area contributed by atoms with E-state index in [9.17, 15) is 9.90 Å². The third-order valence-corrected chi connectivity index (χ3v) is 4.81. The Morgan fingerprint density at radius 3 is 2.57 bits per heavy atom. The number of nitrogens with zero attached hydrogens (tertiary/aromatic N) is 2. The van der Waals surface area contributed by atoms with E-state index in [1.54, 1.807) is 42.5 Å². The molecule has 2 aromatic carbocycles. The Morgan fingerprint density at radius 1 is 1.04 bits per heavy atom. The number of carbonyl (C=O) groups is 1. The second-order valence-electron chi connectivity index (χ2n) is 6.23. The molecule has 0 unspecified atom stereocenters. The highest BCUT2D eigenvalue weighted by Crippen LogP contribution is 2.37. The minimum atomic E-state index is -1.06. The normalized spacial score (nSPS) is 12.5. The molecular formula is C20H12ClN3O4. The maximum Gasteiger partial charge on any atom is 0.336 e. The van der Waals surface area contributed by atoms with Gasteiger partial charge in [-0.3, -0.25) is 5.10 Å². The number of hydrogen-bond acceptors (Lipinski definition) is 5. The van der Waals surface area contributed by atoms with Gasteiger partial charge >= 0.3 is 5.97 Å². The number of hydrogen-bond donors (Lipinski definition) is 2. The number of ether oxygens (including phenoxy) is 2. The number of aromatic nitrogens is 3. The van der Waals surface area contributed by atoms with E-state index in [0.29, 0.717) is 44.5 Å². The van der Waals surface area contributed by atoms with E-state index in [0.717, 1.165) is 5.56 Å². The van der Waals surface area contributed by atoms with Gasteiger partial charge in [0.15, 0.2) is 17.1 Å². The van der Waals surface area contributed by atoms with Crippen molar-refractivity contribution in [3.8, 4) is 34.0 Å². The van der Waals surface area contributed by atoms with Crippen LogP contribution < -0.4 is 9.47 Å². The van der Waals surface area contributed by atoms with E-state index in [1.807, 2.05) is 0 Å². The quantitative estimate of drug-likeness (QED) is 0.536. The Balaban J connectivity index is 1.70. The molecule has 3 heterocycles. The van der Waals surface area contributed by atoms with Gasteiger partial charge in [0.1, 0.15) is 0 Å². The molecule has 0 saturated heterocycles. The van der Waals surface area contributed by atoms with E-state index in [4.69, 9.17) is 21.1 Å². The number of carboxylic acid groups (broad SMARTS) is 1. The lowest BCUT2D eigenvalue weighted by molar-refractivity contribution is 0.0699. The molecular weight excluding hydrogens is 382 g/mol. The van der Waals surface area contributed by atoms with Gasteiger partial charge in [0.05, 0.1) is 22.3 Å². The van der Waals surface area contributed by atoms with Gasteiger partial charge in [-0.25, -0.2) is 9.78 Å². The van der Waals surface area contributed by atoms with Crippen molar-refractivity contribution in [3.63, 3.8) is 0 Å². The Bertz CT molecular complexity index is 1230. The number of benzene rings is 2. The van der Waals surface area contributed by atoms with Gasteiger partial charge in [0.25, 0.3) is 0 Å². The van der Waals surface area contributed by atoms with Crippen molar-refractivity contribution in [1.29, 1.82) is 0 Å². The first-order valence-electron chi connectivity index (χ1n) is 8.38. The van der Waals surface area contributed by atoms with Crippen LogP contribution in [0.1, 0.15) is 10.4 Å². The molecule has 2 aromatic heterocycles. The maximum atomic E-state index is 12.0. The summed E-state index contributed by atoms with van der Waals surface area (Å²) in [6.45, 7) is 0.162. The molecule has 2 N–H and O–H groups in total. The molecule has 4 aromatic rings. The molecule has 0 fully saturated rings. The van der Waals surface area contributed by atoms with Crippen LogP contribution in [0.25, 0.3) is 33.5 Å². The molecule has 0 saturated carbocycles. The average Bonchev–Trinajstić information content (AvgIpc) is 3.34. The fraction of sp³-hybridized carbons (Fsp3) is 0.0500. The first-order chi connectivity index (χ1) is 13.6. The number of H-pyrrole nitrogens is 1. The Hall–Kier alpha value is -3.58. The third kappa shape index (κ3) is 2.64. The van der Waals surface area contributed by atoms with E-state index in [-0.39, 0.29) is 12.4 Å². The van der Waals surface area contributed by atoms with Crippen LogP contribution in [-0.2, 0) is 0 Å². The summed E-state index contributed by atoms with van der Waals surface area (Å²) >= 11 is 5.95. The molecule has 8 heteroatoms. The summed E-state index contributed by atoms with van der Waals surface area (Å²) in [7, 11) is 0. The van der Waals surface area contributed by atoms with Crippen LogP contribution in [0.5, 0.6) is 11.5 Å². The van der Waals surface area contributed by atoms with Crippen molar-refractivity contribution in [2.75, 3.05) is 6.79 Å². The summed E-state index contributed by atoms with van der Waals surface area (Å²) in [6, 6.07) is 14.0. The summed E-state index contributed by atoms with van der Waals surface area (Å²) in [5.74, 6) is 0.180. The smallest absolute Gasteiger partial charge is 0.336 e. The minimum absolute atomic E-state index is 0.108. The standard InChI is InChI=1S/C20H12ClN3O4/c21-12-4-1-10(2-5-12)18-17-13(20(25)26)8-14(22-19(17)24-23-18)11-3-6-15-16(7-11)28-9-27-15/h1-8H,9H2,(H,25,26)(H,22,23,24). The average molecular weight is 394 g/mol. The zero-order chi connectivity index (χ0) is 19.3. The number of rotatable bonds is 3. The molecule has 28 heavy (non-hydrogen) atoms. The van der Waals surface area contributed by atoms with Crippen LogP contribution in [0.2, 0.25) is 5.02 Å². The number of fused-ring (bicyclic) bond motifs is 2. The highest BCUT2D eigenvalue weighted by molar-refractivity contribution is 6.30. The highest BCUT2D eigenvalue weighted by atomic mass is 35.5. The predicted octanol–water partition coefficient (Wildman–Crippen LogP) is 4.37. The summed E-state index contributed by atoms with van der Waals surface area (Å²) in [5, 5.41) is 18.0. The summed E-state index contributed by atoms with van der Waals surface area (Å²) in [6.07, 6.45) is 0. The molecule has 0 atom stereocenters. The predicted molar refractivity (Wildman–Crippen MR) is 103 cm³/mol. The SMILES string of the molecule is O=C(O)c1cc(-c2ccc3c(c2)OCO3)nc2n[nH]c(-c3ccc(Cl)cc3)c12. The second kappa shape index (κ2) is 6.24. The van der Waals surface area contributed by atoms with Crippen LogP contribution in [0.15, 0.2) is 48.5 Å². The van der Waals surface area contributed by atoms with Crippen molar-refractivity contribution in [1.82, 2.24) is 15.2 Å². The lowest BCUT2D eigenvalue weighted by Crippen LogP contribution is -2.00. The maximum absolute atomic E-state index is 12.0.